The topological polar surface area (TPSA) is 96.9 Å². The molecule has 2 N–H and O–H groups in total. The third-order valence-corrected chi connectivity index (χ3v) is 7.53. The minimum absolute atomic E-state index is 0.146. The van der Waals surface area contributed by atoms with Crippen molar-refractivity contribution in [3.05, 3.63) is 107 Å². The van der Waals surface area contributed by atoms with Crippen LogP contribution >= 0.6 is 11.6 Å². The van der Waals surface area contributed by atoms with E-state index in [-0.39, 0.29) is 11.4 Å². The van der Waals surface area contributed by atoms with E-state index in [1.54, 1.807) is 49.6 Å². The number of hydrogen-bond acceptors (Lipinski definition) is 6. The molecule has 2 aromatic heterocycles. The van der Waals surface area contributed by atoms with Crippen molar-refractivity contribution in [2.45, 2.75) is 18.4 Å². The lowest BCUT2D eigenvalue weighted by Crippen LogP contribution is -2.24. The van der Waals surface area contributed by atoms with Gasteiger partial charge >= 0.3 is 0 Å². The summed E-state index contributed by atoms with van der Waals surface area (Å²) in [6.45, 7) is 1.92. The fourth-order valence-corrected chi connectivity index (χ4v) is 5.29. The van der Waals surface area contributed by atoms with Crippen molar-refractivity contribution in [2.75, 3.05) is 5.32 Å². The molecule has 0 atom stereocenters. The normalized spacial score (nSPS) is 11.5. The lowest BCUT2D eigenvalue weighted by Gasteiger charge is -2.14. The summed E-state index contributed by atoms with van der Waals surface area (Å²) in [6, 6.07) is 23.9. The highest BCUT2D eigenvalue weighted by Gasteiger charge is 2.19. The fourth-order valence-electron chi connectivity index (χ4n) is 3.88. The Labute approximate surface area is 214 Å². The maximum absolute atomic E-state index is 13.2. The van der Waals surface area contributed by atoms with E-state index in [0.29, 0.717) is 27.7 Å². The van der Waals surface area contributed by atoms with Gasteiger partial charge < -0.3 is 5.32 Å². The third kappa shape index (κ3) is 5.06. The van der Waals surface area contributed by atoms with Crippen LogP contribution in [0.25, 0.3) is 22.0 Å². The Morgan fingerprint density at radius 2 is 1.67 bits per heavy atom. The number of halogens is 1. The second-order valence-corrected chi connectivity index (χ2v) is 10.4. The van der Waals surface area contributed by atoms with Gasteiger partial charge in [-0.25, -0.2) is 13.1 Å². The predicted molar refractivity (Wildman–Crippen MR) is 143 cm³/mol. The van der Waals surface area contributed by atoms with Crippen LogP contribution in [0.2, 0.25) is 5.02 Å². The molecule has 0 saturated carbocycles. The molecule has 0 spiro atoms. The first-order chi connectivity index (χ1) is 17.4. The highest BCUT2D eigenvalue weighted by molar-refractivity contribution is 7.89. The molecular weight excluding hydrogens is 494 g/mol. The summed E-state index contributed by atoms with van der Waals surface area (Å²) in [4.78, 5) is 4.23. The quantitative estimate of drug-likeness (QED) is 0.281. The third-order valence-electron chi connectivity index (χ3n) is 5.73. The molecule has 2 heterocycles. The van der Waals surface area contributed by atoms with Crippen LogP contribution in [0.15, 0.2) is 96.2 Å². The first kappa shape index (κ1) is 23.9. The number of benzene rings is 3. The predicted octanol–water partition coefficient (Wildman–Crippen LogP) is 5.88. The molecule has 0 unspecified atom stereocenters. The first-order valence-corrected chi connectivity index (χ1v) is 13.0. The first-order valence-electron chi connectivity index (χ1n) is 11.2. The molecule has 0 bridgehead atoms. The van der Waals surface area contributed by atoms with Gasteiger partial charge in [0.15, 0.2) is 5.82 Å². The van der Waals surface area contributed by atoms with Crippen LogP contribution in [0, 0.1) is 6.92 Å². The molecule has 5 rings (SSSR count). The number of nitrogens with one attached hydrogen (secondary N) is 2. The van der Waals surface area contributed by atoms with Gasteiger partial charge in [0.25, 0.3) is 0 Å². The summed E-state index contributed by atoms with van der Waals surface area (Å²) in [5, 5.41) is 14.5. The van der Waals surface area contributed by atoms with Crippen molar-refractivity contribution in [2.24, 2.45) is 0 Å². The van der Waals surface area contributed by atoms with Crippen LogP contribution in [0.3, 0.4) is 0 Å². The molecule has 5 aromatic rings. The average molecular weight is 516 g/mol. The van der Waals surface area contributed by atoms with Crippen molar-refractivity contribution in [1.29, 1.82) is 0 Å². The van der Waals surface area contributed by atoms with Crippen molar-refractivity contribution >= 4 is 43.9 Å². The second kappa shape index (κ2) is 10.0. The minimum atomic E-state index is -3.77. The Bertz CT molecular complexity index is 1640. The number of aryl methyl sites for hydroxylation is 1. The van der Waals surface area contributed by atoms with Gasteiger partial charge in [-0.3, -0.25) is 4.98 Å². The van der Waals surface area contributed by atoms with Gasteiger partial charge in [-0.05, 0) is 54.4 Å². The number of anilines is 2. The zero-order valence-corrected chi connectivity index (χ0v) is 20.9. The Morgan fingerprint density at radius 1 is 0.889 bits per heavy atom. The summed E-state index contributed by atoms with van der Waals surface area (Å²) in [5.41, 5.74) is 3.49. The molecular formula is C27H22ClN5O2S. The monoisotopic (exact) mass is 515 g/mol. The van der Waals surface area contributed by atoms with Crippen LogP contribution < -0.4 is 10.0 Å². The summed E-state index contributed by atoms with van der Waals surface area (Å²) >= 11 is 6.00. The Kier molecular flexibility index (Phi) is 6.65. The zero-order valence-electron chi connectivity index (χ0n) is 19.3. The van der Waals surface area contributed by atoms with Crippen molar-refractivity contribution in [3.8, 4) is 11.3 Å². The molecule has 0 aliphatic rings. The van der Waals surface area contributed by atoms with E-state index in [4.69, 9.17) is 11.6 Å². The summed E-state index contributed by atoms with van der Waals surface area (Å²) in [6.07, 6.45) is 3.28. The van der Waals surface area contributed by atoms with Gasteiger partial charge in [0.2, 0.25) is 10.0 Å². The molecule has 9 heteroatoms. The van der Waals surface area contributed by atoms with Crippen LogP contribution in [-0.4, -0.2) is 23.6 Å². The summed E-state index contributed by atoms with van der Waals surface area (Å²) in [7, 11) is -3.77. The number of rotatable bonds is 7. The zero-order chi connectivity index (χ0) is 25.1. The number of pyridine rings is 1. The Morgan fingerprint density at radius 3 is 2.42 bits per heavy atom. The molecule has 3 aromatic carbocycles. The van der Waals surface area contributed by atoms with Gasteiger partial charge in [-0.2, -0.15) is 0 Å². The van der Waals surface area contributed by atoms with Crippen LogP contribution in [0.5, 0.6) is 0 Å². The number of nitrogens with zero attached hydrogens (tertiary/aromatic N) is 3. The summed E-state index contributed by atoms with van der Waals surface area (Å²) < 4.78 is 29.0. The lowest BCUT2D eigenvalue weighted by molar-refractivity contribution is 0.580. The smallest absolute Gasteiger partial charge is 0.241 e. The van der Waals surface area contributed by atoms with Gasteiger partial charge in [0.1, 0.15) is 5.69 Å². The molecule has 0 aliphatic heterocycles. The maximum atomic E-state index is 13.2. The van der Waals surface area contributed by atoms with E-state index in [2.05, 4.69) is 25.2 Å². The Balaban J connectivity index is 1.51. The molecule has 0 saturated heterocycles. The molecule has 36 heavy (non-hydrogen) atoms. The van der Waals surface area contributed by atoms with Crippen molar-refractivity contribution in [3.63, 3.8) is 0 Å². The van der Waals surface area contributed by atoms with E-state index in [9.17, 15) is 8.42 Å². The fraction of sp³-hybridized carbons (Fsp3) is 0.0741. The number of fused-ring (bicyclic) bond motifs is 1. The molecule has 0 fully saturated rings. The van der Waals surface area contributed by atoms with Gasteiger partial charge in [0, 0.05) is 46.0 Å². The van der Waals surface area contributed by atoms with Crippen molar-refractivity contribution < 1.29 is 8.42 Å². The van der Waals surface area contributed by atoms with E-state index >= 15 is 0 Å². The van der Waals surface area contributed by atoms with Crippen molar-refractivity contribution in [1.82, 2.24) is 19.9 Å². The molecule has 0 radical (unpaired) electrons. The highest BCUT2D eigenvalue weighted by Crippen LogP contribution is 2.33. The van der Waals surface area contributed by atoms with Crippen LogP contribution in [-0.2, 0) is 16.6 Å². The second-order valence-electron chi connectivity index (χ2n) is 8.24. The van der Waals surface area contributed by atoms with Gasteiger partial charge in [-0.15, -0.1) is 10.2 Å². The Hall–Kier alpha value is -3.85. The number of sulfonamides is 1. The SMILES string of the molecule is Cc1ccc(-c2nnc(Nc3ccc(Cl)cc3)c3ccccc23)cc1S(=O)(=O)NCc1cccnc1. The largest absolute Gasteiger partial charge is 0.338 e. The molecule has 180 valence electrons. The van der Waals surface area contributed by atoms with E-state index < -0.39 is 10.0 Å². The maximum Gasteiger partial charge on any atom is 0.241 e. The van der Waals surface area contributed by atoms with E-state index in [1.165, 1.54) is 0 Å². The minimum Gasteiger partial charge on any atom is -0.338 e. The van der Waals surface area contributed by atoms with Gasteiger partial charge in [-0.1, -0.05) is 54.1 Å². The number of hydrogen-bond donors (Lipinski definition) is 2. The number of aromatic nitrogens is 3. The highest BCUT2D eigenvalue weighted by atomic mass is 35.5. The van der Waals surface area contributed by atoms with E-state index in [0.717, 1.165) is 22.0 Å². The van der Waals surface area contributed by atoms with Crippen LogP contribution in [0.4, 0.5) is 11.5 Å². The summed E-state index contributed by atoms with van der Waals surface area (Å²) in [5.74, 6) is 0.592. The molecule has 0 amide bonds. The van der Waals surface area contributed by atoms with Crippen LogP contribution in [0.1, 0.15) is 11.1 Å². The average Bonchev–Trinajstić information content (AvgIpc) is 2.90. The lowest BCUT2D eigenvalue weighted by atomic mass is 10.0. The van der Waals surface area contributed by atoms with Gasteiger partial charge in [0.05, 0.1) is 4.90 Å². The standard InChI is InChI=1S/C27H22ClN5O2S/c1-18-8-9-20(15-25(18)36(34,35)30-17-19-5-4-14-29-16-19)26-23-6-2-3-7-24(23)27(33-32-26)31-22-12-10-21(28)11-13-22/h2-16,30H,17H2,1H3,(H,31,33). The van der Waals surface area contributed by atoms with E-state index in [1.807, 2.05) is 48.5 Å². The molecule has 0 aliphatic carbocycles. The molecule has 7 nitrogen and oxygen atoms in total.